The molecule has 2 nitrogen and oxygen atoms in total. The zero-order chi connectivity index (χ0) is 11.1. The number of rotatable bonds is 6. The maximum absolute atomic E-state index is 4.12. The molecule has 1 aromatic rings. The highest BCUT2D eigenvalue weighted by Gasteiger charge is 2.07. The zero-order valence-corrected chi connectivity index (χ0v) is 10.1. The van der Waals surface area contributed by atoms with Gasteiger partial charge in [-0.25, -0.2) is 0 Å². The third kappa shape index (κ3) is 4.00. The van der Waals surface area contributed by atoms with Crippen LogP contribution in [0.4, 0.5) is 0 Å². The lowest BCUT2D eigenvalue weighted by Gasteiger charge is -2.17. The molecule has 0 aliphatic carbocycles. The Labute approximate surface area is 93.1 Å². The molecule has 0 fully saturated rings. The maximum atomic E-state index is 4.12. The molecule has 1 N–H and O–H groups in total. The molecule has 84 valence electrons. The maximum Gasteiger partial charge on any atom is 0.0299 e. The van der Waals surface area contributed by atoms with Crippen molar-refractivity contribution in [3.05, 3.63) is 29.6 Å². The highest BCUT2D eigenvalue weighted by atomic mass is 14.9. The first-order chi connectivity index (χ1) is 7.27. The van der Waals surface area contributed by atoms with Gasteiger partial charge in [-0.15, -0.1) is 0 Å². The molecule has 15 heavy (non-hydrogen) atoms. The van der Waals surface area contributed by atoms with Crippen molar-refractivity contribution in [1.29, 1.82) is 0 Å². The SMILES string of the molecule is CCCNC(CC)Cc1ccncc1C. The van der Waals surface area contributed by atoms with Crippen LogP contribution in [0.5, 0.6) is 0 Å². The Bertz CT molecular complexity index is 284. The molecule has 0 radical (unpaired) electrons. The Morgan fingerprint density at radius 1 is 1.40 bits per heavy atom. The van der Waals surface area contributed by atoms with E-state index < -0.39 is 0 Å². The van der Waals surface area contributed by atoms with E-state index in [0.717, 1.165) is 13.0 Å². The lowest BCUT2D eigenvalue weighted by atomic mass is 10.0. The van der Waals surface area contributed by atoms with Crippen LogP contribution in [0.25, 0.3) is 0 Å². The summed E-state index contributed by atoms with van der Waals surface area (Å²) in [6.07, 6.45) is 7.33. The summed E-state index contributed by atoms with van der Waals surface area (Å²) in [5, 5.41) is 3.57. The Hall–Kier alpha value is -0.890. The van der Waals surface area contributed by atoms with Gasteiger partial charge in [0.1, 0.15) is 0 Å². The number of pyridine rings is 1. The van der Waals surface area contributed by atoms with E-state index in [-0.39, 0.29) is 0 Å². The minimum atomic E-state index is 0.603. The summed E-state index contributed by atoms with van der Waals surface area (Å²) in [6.45, 7) is 7.69. The Morgan fingerprint density at radius 2 is 2.20 bits per heavy atom. The lowest BCUT2D eigenvalue weighted by molar-refractivity contribution is 0.494. The van der Waals surface area contributed by atoms with E-state index in [9.17, 15) is 0 Å². The van der Waals surface area contributed by atoms with Gasteiger partial charge >= 0.3 is 0 Å². The number of hydrogen-bond donors (Lipinski definition) is 1. The van der Waals surface area contributed by atoms with Gasteiger partial charge in [-0.3, -0.25) is 4.98 Å². The minimum Gasteiger partial charge on any atom is -0.314 e. The average molecular weight is 206 g/mol. The number of hydrogen-bond acceptors (Lipinski definition) is 2. The highest BCUT2D eigenvalue weighted by molar-refractivity contribution is 5.22. The normalized spacial score (nSPS) is 12.7. The van der Waals surface area contributed by atoms with E-state index in [1.165, 1.54) is 24.0 Å². The second kappa shape index (κ2) is 6.57. The van der Waals surface area contributed by atoms with Crippen molar-refractivity contribution in [1.82, 2.24) is 10.3 Å². The van der Waals surface area contributed by atoms with Crippen LogP contribution in [0, 0.1) is 6.92 Å². The van der Waals surface area contributed by atoms with Crippen LogP contribution in [-0.4, -0.2) is 17.6 Å². The fourth-order valence-electron chi connectivity index (χ4n) is 1.71. The van der Waals surface area contributed by atoms with Crippen molar-refractivity contribution in [3.63, 3.8) is 0 Å². The summed E-state index contributed by atoms with van der Waals surface area (Å²) in [4.78, 5) is 4.12. The van der Waals surface area contributed by atoms with Crippen LogP contribution < -0.4 is 5.32 Å². The molecule has 2 heteroatoms. The van der Waals surface area contributed by atoms with E-state index in [1.54, 1.807) is 0 Å². The van der Waals surface area contributed by atoms with Gasteiger partial charge in [0.2, 0.25) is 0 Å². The fourth-order valence-corrected chi connectivity index (χ4v) is 1.71. The molecule has 0 aromatic carbocycles. The van der Waals surface area contributed by atoms with Crippen molar-refractivity contribution in [2.75, 3.05) is 6.54 Å². The van der Waals surface area contributed by atoms with Crippen LogP contribution in [-0.2, 0) is 6.42 Å². The van der Waals surface area contributed by atoms with Gasteiger partial charge in [-0.2, -0.15) is 0 Å². The van der Waals surface area contributed by atoms with E-state index >= 15 is 0 Å². The standard InChI is InChI=1S/C13H22N2/c1-4-7-15-13(5-2)9-12-6-8-14-10-11(12)3/h6,8,10,13,15H,4-5,7,9H2,1-3H3. The molecule has 1 unspecified atom stereocenters. The minimum absolute atomic E-state index is 0.603. The molecule has 0 bridgehead atoms. The van der Waals surface area contributed by atoms with Crippen LogP contribution in [0.3, 0.4) is 0 Å². The first kappa shape index (κ1) is 12.2. The number of aryl methyl sites for hydroxylation is 1. The van der Waals surface area contributed by atoms with Gasteiger partial charge in [0, 0.05) is 18.4 Å². The van der Waals surface area contributed by atoms with Crippen molar-refractivity contribution in [2.45, 2.75) is 46.1 Å². The number of aromatic nitrogens is 1. The van der Waals surface area contributed by atoms with Gasteiger partial charge in [0.15, 0.2) is 0 Å². The van der Waals surface area contributed by atoms with E-state index in [4.69, 9.17) is 0 Å². The predicted molar refractivity (Wildman–Crippen MR) is 65.1 cm³/mol. The molecule has 0 spiro atoms. The Kier molecular flexibility index (Phi) is 5.33. The van der Waals surface area contributed by atoms with E-state index in [2.05, 4.69) is 37.1 Å². The Morgan fingerprint density at radius 3 is 2.80 bits per heavy atom. The van der Waals surface area contributed by atoms with Gasteiger partial charge in [0.05, 0.1) is 0 Å². The van der Waals surface area contributed by atoms with Crippen molar-refractivity contribution in [3.8, 4) is 0 Å². The average Bonchev–Trinajstić information content (AvgIpc) is 2.26. The third-order valence-electron chi connectivity index (χ3n) is 2.78. The molecule has 0 saturated heterocycles. The molecular formula is C13H22N2. The molecule has 0 aliphatic rings. The van der Waals surface area contributed by atoms with Crippen molar-refractivity contribution >= 4 is 0 Å². The smallest absolute Gasteiger partial charge is 0.0299 e. The van der Waals surface area contributed by atoms with Gasteiger partial charge in [-0.05, 0) is 49.9 Å². The lowest BCUT2D eigenvalue weighted by Crippen LogP contribution is -2.31. The molecule has 0 amide bonds. The molecular weight excluding hydrogens is 184 g/mol. The van der Waals surface area contributed by atoms with Gasteiger partial charge < -0.3 is 5.32 Å². The van der Waals surface area contributed by atoms with Crippen molar-refractivity contribution < 1.29 is 0 Å². The summed E-state index contributed by atoms with van der Waals surface area (Å²) < 4.78 is 0. The quantitative estimate of drug-likeness (QED) is 0.774. The third-order valence-corrected chi connectivity index (χ3v) is 2.78. The van der Waals surface area contributed by atoms with Gasteiger partial charge in [0.25, 0.3) is 0 Å². The van der Waals surface area contributed by atoms with Crippen LogP contribution >= 0.6 is 0 Å². The van der Waals surface area contributed by atoms with Crippen LogP contribution in [0.2, 0.25) is 0 Å². The zero-order valence-electron chi connectivity index (χ0n) is 10.1. The molecule has 0 aliphatic heterocycles. The summed E-state index contributed by atoms with van der Waals surface area (Å²) in [6, 6.07) is 2.73. The summed E-state index contributed by atoms with van der Waals surface area (Å²) >= 11 is 0. The van der Waals surface area contributed by atoms with E-state index in [1.807, 2.05) is 12.4 Å². The molecule has 1 aromatic heterocycles. The summed E-state index contributed by atoms with van der Waals surface area (Å²) in [5.41, 5.74) is 2.72. The number of nitrogens with one attached hydrogen (secondary N) is 1. The predicted octanol–water partition coefficient (Wildman–Crippen LogP) is 2.71. The number of nitrogens with zero attached hydrogens (tertiary/aromatic N) is 1. The van der Waals surface area contributed by atoms with Crippen molar-refractivity contribution in [2.24, 2.45) is 0 Å². The Balaban J connectivity index is 2.54. The van der Waals surface area contributed by atoms with Gasteiger partial charge in [-0.1, -0.05) is 13.8 Å². The van der Waals surface area contributed by atoms with E-state index in [0.29, 0.717) is 6.04 Å². The first-order valence-corrected chi connectivity index (χ1v) is 5.90. The first-order valence-electron chi connectivity index (χ1n) is 5.90. The monoisotopic (exact) mass is 206 g/mol. The summed E-state index contributed by atoms with van der Waals surface area (Å²) in [7, 11) is 0. The summed E-state index contributed by atoms with van der Waals surface area (Å²) in [5.74, 6) is 0. The largest absolute Gasteiger partial charge is 0.314 e. The molecule has 1 rings (SSSR count). The molecule has 1 atom stereocenters. The fraction of sp³-hybridized carbons (Fsp3) is 0.615. The van der Waals surface area contributed by atoms with Crippen LogP contribution in [0.15, 0.2) is 18.5 Å². The second-order valence-corrected chi connectivity index (χ2v) is 4.07. The molecule has 0 saturated carbocycles. The van der Waals surface area contributed by atoms with Crippen LogP contribution in [0.1, 0.15) is 37.8 Å². The topological polar surface area (TPSA) is 24.9 Å². The molecule has 1 heterocycles. The highest BCUT2D eigenvalue weighted by Crippen LogP contribution is 2.09. The second-order valence-electron chi connectivity index (χ2n) is 4.07.